The second kappa shape index (κ2) is 6.64. The van der Waals surface area contributed by atoms with Gasteiger partial charge in [-0.05, 0) is 63.5 Å². The molecule has 1 aromatic heterocycles. The van der Waals surface area contributed by atoms with Gasteiger partial charge in [-0.25, -0.2) is 4.68 Å². The number of aliphatic hydroxyl groups excluding tert-OH is 1. The third-order valence-corrected chi connectivity index (χ3v) is 5.52. The van der Waals surface area contributed by atoms with E-state index in [9.17, 15) is 9.90 Å². The lowest BCUT2D eigenvalue weighted by Gasteiger charge is -2.25. The highest BCUT2D eigenvalue weighted by Crippen LogP contribution is 2.29. The van der Waals surface area contributed by atoms with Crippen molar-refractivity contribution in [3.05, 3.63) is 46.8 Å². The first-order chi connectivity index (χ1) is 12.1. The zero-order valence-electron chi connectivity index (χ0n) is 14.7. The van der Waals surface area contributed by atoms with E-state index in [1.54, 1.807) is 0 Å². The van der Waals surface area contributed by atoms with Crippen LogP contribution in [0, 0.1) is 6.92 Å². The fourth-order valence-corrected chi connectivity index (χ4v) is 4.09. The van der Waals surface area contributed by atoms with Crippen molar-refractivity contribution in [3.8, 4) is 5.69 Å². The molecule has 1 aromatic carbocycles. The molecule has 5 nitrogen and oxygen atoms in total. The summed E-state index contributed by atoms with van der Waals surface area (Å²) in [6.45, 7) is 2.07. The number of nitrogens with one attached hydrogen (secondary N) is 1. The molecule has 4 rings (SSSR count). The highest BCUT2D eigenvalue weighted by molar-refractivity contribution is 5.94. The Hall–Kier alpha value is -2.14. The van der Waals surface area contributed by atoms with Crippen LogP contribution in [-0.2, 0) is 12.8 Å². The number of aryl methyl sites for hydroxylation is 1. The fraction of sp³-hybridized carbons (Fsp3) is 0.500. The van der Waals surface area contributed by atoms with E-state index in [2.05, 4.69) is 24.4 Å². The third-order valence-electron chi connectivity index (χ3n) is 5.52. The van der Waals surface area contributed by atoms with Crippen LogP contribution in [-0.4, -0.2) is 32.9 Å². The molecule has 2 aliphatic rings. The van der Waals surface area contributed by atoms with E-state index in [1.807, 2.05) is 16.8 Å². The number of aliphatic hydroxyl groups is 1. The number of fused-ring (bicyclic) bond motifs is 1. The Morgan fingerprint density at radius 3 is 2.72 bits per heavy atom. The van der Waals surface area contributed by atoms with Crippen molar-refractivity contribution in [2.75, 3.05) is 0 Å². The minimum atomic E-state index is -0.210. The monoisotopic (exact) mass is 339 g/mol. The van der Waals surface area contributed by atoms with Crippen LogP contribution in [0.4, 0.5) is 0 Å². The molecule has 25 heavy (non-hydrogen) atoms. The fourth-order valence-electron chi connectivity index (χ4n) is 4.09. The van der Waals surface area contributed by atoms with Gasteiger partial charge in [-0.2, -0.15) is 5.10 Å². The molecule has 1 fully saturated rings. The molecule has 0 aliphatic heterocycles. The Balaban J connectivity index is 1.61. The quantitative estimate of drug-likeness (QED) is 0.903. The lowest BCUT2D eigenvalue weighted by Crippen LogP contribution is -2.39. The van der Waals surface area contributed by atoms with E-state index < -0.39 is 0 Å². The number of benzene rings is 1. The van der Waals surface area contributed by atoms with E-state index >= 15 is 0 Å². The summed E-state index contributed by atoms with van der Waals surface area (Å²) in [7, 11) is 0. The summed E-state index contributed by atoms with van der Waals surface area (Å²) in [4.78, 5) is 12.8. The summed E-state index contributed by atoms with van der Waals surface area (Å²) in [6, 6.07) is 8.32. The van der Waals surface area contributed by atoms with Crippen LogP contribution in [0.25, 0.3) is 5.69 Å². The summed E-state index contributed by atoms with van der Waals surface area (Å²) in [5.74, 6) is -0.0631. The predicted molar refractivity (Wildman–Crippen MR) is 96.1 cm³/mol. The second-order valence-electron chi connectivity index (χ2n) is 7.30. The average Bonchev–Trinajstić information content (AvgIpc) is 3.20. The van der Waals surface area contributed by atoms with Crippen LogP contribution < -0.4 is 5.32 Å². The number of hydrogen-bond acceptors (Lipinski definition) is 3. The number of aromatic nitrogens is 2. The first-order valence-electron chi connectivity index (χ1n) is 9.29. The molecule has 2 N–H and O–H groups in total. The number of para-hydroxylation sites is 1. The summed E-state index contributed by atoms with van der Waals surface area (Å²) < 4.78 is 1.97. The number of hydrogen-bond donors (Lipinski definition) is 2. The lowest BCUT2D eigenvalue weighted by molar-refractivity contribution is 0.0862. The maximum atomic E-state index is 12.8. The van der Waals surface area contributed by atoms with Gasteiger partial charge in [-0.3, -0.25) is 4.79 Å². The first kappa shape index (κ1) is 16.3. The van der Waals surface area contributed by atoms with Crippen LogP contribution in [0.15, 0.2) is 24.3 Å². The smallest absolute Gasteiger partial charge is 0.272 e. The third kappa shape index (κ3) is 3.09. The predicted octanol–water partition coefficient (Wildman–Crippen LogP) is 2.70. The van der Waals surface area contributed by atoms with E-state index in [1.165, 1.54) is 5.69 Å². The molecule has 0 spiro atoms. The van der Waals surface area contributed by atoms with Crippen molar-refractivity contribution in [3.63, 3.8) is 0 Å². The van der Waals surface area contributed by atoms with Crippen molar-refractivity contribution in [2.24, 2.45) is 0 Å². The molecular weight excluding hydrogens is 314 g/mol. The number of nitrogens with zero attached hydrogens (tertiary/aromatic N) is 2. The first-order valence-corrected chi connectivity index (χ1v) is 9.29. The van der Waals surface area contributed by atoms with Crippen molar-refractivity contribution in [1.82, 2.24) is 15.1 Å². The zero-order valence-corrected chi connectivity index (χ0v) is 14.7. The van der Waals surface area contributed by atoms with Gasteiger partial charge in [0.2, 0.25) is 0 Å². The van der Waals surface area contributed by atoms with Crippen molar-refractivity contribution in [2.45, 2.75) is 64.0 Å². The van der Waals surface area contributed by atoms with Gasteiger partial charge in [0.25, 0.3) is 5.91 Å². The minimum absolute atomic E-state index is 0.0631. The molecule has 5 heteroatoms. The van der Waals surface area contributed by atoms with E-state index in [0.29, 0.717) is 5.69 Å². The van der Waals surface area contributed by atoms with Gasteiger partial charge in [0, 0.05) is 17.3 Å². The van der Waals surface area contributed by atoms with Crippen molar-refractivity contribution in [1.29, 1.82) is 0 Å². The molecular formula is C20H25N3O2. The average molecular weight is 339 g/mol. The molecule has 1 amide bonds. The van der Waals surface area contributed by atoms with Gasteiger partial charge in [0.1, 0.15) is 0 Å². The Kier molecular flexibility index (Phi) is 4.34. The Bertz CT molecular complexity index is 788. The normalized spacial score (nSPS) is 22.6. The second-order valence-corrected chi connectivity index (χ2v) is 7.30. The summed E-state index contributed by atoms with van der Waals surface area (Å²) >= 11 is 0. The molecule has 0 unspecified atom stereocenters. The van der Waals surface area contributed by atoms with Gasteiger partial charge in [0.15, 0.2) is 5.69 Å². The van der Waals surface area contributed by atoms with Crippen LogP contribution in [0.3, 0.4) is 0 Å². The highest BCUT2D eigenvalue weighted by Gasteiger charge is 2.29. The van der Waals surface area contributed by atoms with Gasteiger partial charge < -0.3 is 10.4 Å². The SMILES string of the molecule is Cc1ccccc1-n1nc(C(=O)NC2CCC(O)CC2)c2c1CCC2. The Morgan fingerprint density at radius 2 is 1.96 bits per heavy atom. The molecule has 1 heterocycles. The van der Waals surface area contributed by atoms with E-state index in [-0.39, 0.29) is 18.1 Å². The van der Waals surface area contributed by atoms with Crippen LogP contribution in [0.5, 0.6) is 0 Å². The minimum Gasteiger partial charge on any atom is -0.393 e. The summed E-state index contributed by atoms with van der Waals surface area (Å²) in [5.41, 5.74) is 5.09. The van der Waals surface area contributed by atoms with Crippen LogP contribution in [0.2, 0.25) is 0 Å². The molecule has 1 saturated carbocycles. The maximum absolute atomic E-state index is 12.8. The molecule has 0 saturated heterocycles. The van der Waals surface area contributed by atoms with Gasteiger partial charge in [-0.15, -0.1) is 0 Å². The Morgan fingerprint density at radius 1 is 1.20 bits per heavy atom. The van der Waals surface area contributed by atoms with Gasteiger partial charge in [-0.1, -0.05) is 18.2 Å². The molecule has 0 radical (unpaired) electrons. The molecule has 132 valence electrons. The number of carbonyl (C=O) groups is 1. The van der Waals surface area contributed by atoms with E-state index in [0.717, 1.165) is 61.8 Å². The zero-order chi connectivity index (χ0) is 17.4. The molecule has 2 aliphatic carbocycles. The van der Waals surface area contributed by atoms with Gasteiger partial charge in [0.05, 0.1) is 11.8 Å². The molecule has 0 bridgehead atoms. The number of carbonyl (C=O) groups excluding carboxylic acids is 1. The highest BCUT2D eigenvalue weighted by atomic mass is 16.3. The van der Waals surface area contributed by atoms with Crippen LogP contribution >= 0.6 is 0 Å². The summed E-state index contributed by atoms with van der Waals surface area (Å²) in [5, 5.41) is 17.5. The maximum Gasteiger partial charge on any atom is 0.272 e. The van der Waals surface area contributed by atoms with Crippen molar-refractivity contribution < 1.29 is 9.90 Å². The molecule has 2 aromatic rings. The number of rotatable bonds is 3. The number of amides is 1. The van der Waals surface area contributed by atoms with E-state index in [4.69, 9.17) is 5.10 Å². The molecule has 0 atom stereocenters. The lowest BCUT2D eigenvalue weighted by atomic mass is 9.93. The summed E-state index contributed by atoms with van der Waals surface area (Å²) in [6.07, 6.45) is 5.97. The van der Waals surface area contributed by atoms with Crippen molar-refractivity contribution >= 4 is 5.91 Å². The largest absolute Gasteiger partial charge is 0.393 e. The van der Waals surface area contributed by atoms with Gasteiger partial charge >= 0.3 is 0 Å². The van der Waals surface area contributed by atoms with Crippen LogP contribution in [0.1, 0.15) is 59.4 Å². The standard InChI is InChI=1S/C20H25N3O2/c1-13-5-2-3-7-17(13)23-18-8-4-6-16(18)19(22-23)20(25)21-14-9-11-15(24)12-10-14/h2-3,5,7,14-15,24H,4,6,8-12H2,1H3,(H,21,25). The Labute approximate surface area is 148 Å². The topological polar surface area (TPSA) is 67.2 Å².